The molecule has 0 saturated carbocycles. The van der Waals surface area contributed by atoms with Crippen LogP contribution in [0.4, 0.5) is 19.1 Å². The molecule has 0 radical (unpaired) electrons. The highest BCUT2D eigenvalue weighted by molar-refractivity contribution is 14.0. The maximum atomic E-state index is 12.5. The Hall–Kier alpha value is -1.37. The van der Waals surface area contributed by atoms with E-state index in [9.17, 15) is 13.2 Å². The van der Waals surface area contributed by atoms with Crippen molar-refractivity contribution in [1.29, 1.82) is 0 Å². The summed E-state index contributed by atoms with van der Waals surface area (Å²) in [5, 5.41) is 8.84. The van der Waals surface area contributed by atoms with E-state index in [1.807, 2.05) is 6.92 Å². The number of halogens is 4. The summed E-state index contributed by atoms with van der Waals surface area (Å²) in [4.78, 5) is 11.2. The molecule has 3 N–H and O–H groups in total. The Bertz CT molecular complexity index is 515. The van der Waals surface area contributed by atoms with E-state index in [1.165, 1.54) is 0 Å². The summed E-state index contributed by atoms with van der Waals surface area (Å²) >= 11 is 0. The molecule has 0 spiro atoms. The predicted molar refractivity (Wildman–Crippen MR) is 96.8 cm³/mol. The van der Waals surface area contributed by atoms with Crippen molar-refractivity contribution in [1.82, 2.24) is 20.6 Å². The molecule has 1 atom stereocenters. The lowest BCUT2D eigenvalue weighted by molar-refractivity contribution is -0.141. The van der Waals surface area contributed by atoms with Crippen LogP contribution in [0, 0.1) is 0 Å². The molecule has 0 saturated heterocycles. The summed E-state index contributed by atoms with van der Waals surface area (Å²) in [6.45, 7) is 3.22. The van der Waals surface area contributed by atoms with Crippen LogP contribution in [0.15, 0.2) is 17.3 Å². The number of nitrogens with zero attached hydrogens (tertiary/aromatic N) is 3. The number of aliphatic imine (C=N–C) groups is 1. The van der Waals surface area contributed by atoms with Gasteiger partial charge >= 0.3 is 6.18 Å². The SMILES string of the molecule is CN=C(NCCNc1nccc(C(F)(F)F)n1)NC(C)COC.I. The second kappa shape index (κ2) is 11.2. The van der Waals surface area contributed by atoms with Crippen LogP contribution in [0.5, 0.6) is 0 Å². The summed E-state index contributed by atoms with van der Waals surface area (Å²) in [6, 6.07) is 0.901. The van der Waals surface area contributed by atoms with Crippen LogP contribution in [0.3, 0.4) is 0 Å². The predicted octanol–water partition coefficient (Wildman–Crippen LogP) is 1.73. The van der Waals surface area contributed by atoms with Gasteiger partial charge in [-0.2, -0.15) is 13.2 Å². The van der Waals surface area contributed by atoms with Crippen LogP contribution in [0.1, 0.15) is 12.6 Å². The lowest BCUT2D eigenvalue weighted by atomic mass is 10.4. The van der Waals surface area contributed by atoms with E-state index in [2.05, 4.69) is 30.9 Å². The van der Waals surface area contributed by atoms with Crippen LogP contribution in [-0.2, 0) is 10.9 Å². The minimum atomic E-state index is -4.49. The number of ether oxygens (including phenoxy) is 1. The largest absolute Gasteiger partial charge is 0.433 e. The third-order valence-electron chi connectivity index (χ3n) is 2.67. The van der Waals surface area contributed by atoms with E-state index in [0.717, 1.165) is 12.3 Å². The van der Waals surface area contributed by atoms with Crippen molar-refractivity contribution in [2.24, 2.45) is 4.99 Å². The molecule has 1 heterocycles. The zero-order chi connectivity index (χ0) is 17.3. The van der Waals surface area contributed by atoms with Crippen molar-refractivity contribution in [3.8, 4) is 0 Å². The molecule has 1 aromatic heterocycles. The first-order valence-electron chi connectivity index (χ1n) is 6.97. The van der Waals surface area contributed by atoms with Crippen LogP contribution in [0.2, 0.25) is 0 Å². The maximum Gasteiger partial charge on any atom is 0.433 e. The van der Waals surface area contributed by atoms with Gasteiger partial charge < -0.3 is 20.7 Å². The van der Waals surface area contributed by atoms with Gasteiger partial charge in [-0.1, -0.05) is 0 Å². The Morgan fingerprint density at radius 1 is 1.38 bits per heavy atom. The zero-order valence-electron chi connectivity index (χ0n) is 13.6. The fraction of sp³-hybridized carbons (Fsp3) is 0.615. The monoisotopic (exact) mass is 462 g/mol. The topological polar surface area (TPSA) is 83.5 Å². The van der Waals surface area contributed by atoms with Crippen molar-refractivity contribution in [2.45, 2.75) is 19.1 Å². The van der Waals surface area contributed by atoms with Gasteiger partial charge in [0.05, 0.1) is 6.61 Å². The molecule has 138 valence electrons. The summed E-state index contributed by atoms with van der Waals surface area (Å²) in [5.74, 6) is 0.499. The molecule has 1 unspecified atom stereocenters. The van der Waals surface area contributed by atoms with Gasteiger partial charge in [-0.25, -0.2) is 9.97 Å². The van der Waals surface area contributed by atoms with E-state index in [1.54, 1.807) is 14.2 Å². The third-order valence-corrected chi connectivity index (χ3v) is 2.67. The average molecular weight is 462 g/mol. The zero-order valence-corrected chi connectivity index (χ0v) is 16.0. The van der Waals surface area contributed by atoms with Gasteiger partial charge in [0.1, 0.15) is 5.69 Å². The fourth-order valence-corrected chi connectivity index (χ4v) is 1.68. The molecule has 0 bridgehead atoms. The number of anilines is 1. The van der Waals surface area contributed by atoms with E-state index in [4.69, 9.17) is 4.74 Å². The third kappa shape index (κ3) is 8.47. The molecule has 0 aliphatic rings. The molecule has 11 heteroatoms. The Morgan fingerprint density at radius 2 is 2.08 bits per heavy atom. The number of methoxy groups -OCH3 is 1. The van der Waals surface area contributed by atoms with E-state index in [-0.39, 0.29) is 36.0 Å². The normalized spacial score (nSPS) is 13.0. The standard InChI is InChI=1S/C13H21F3N6O.HI/c1-9(8-23-3)21-11(17-2)19-6-7-20-12-18-5-4-10(22-12)13(14,15)16;/h4-5,9H,6-8H2,1-3H3,(H2,17,19,21)(H,18,20,22);1H. The van der Waals surface area contributed by atoms with E-state index >= 15 is 0 Å². The smallest absolute Gasteiger partial charge is 0.383 e. The van der Waals surface area contributed by atoms with Gasteiger partial charge in [-0.05, 0) is 13.0 Å². The summed E-state index contributed by atoms with van der Waals surface area (Å²) in [5.41, 5.74) is -0.978. The van der Waals surface area contributed by atoms with Crippen LogP contribution >= 0.6 is 24.0 Å². The highest BCUT2D eigenvalue weighted by Crippen LogP contribution is 2.27. The second-order valence-electron chi connectivity index (χ2n) is 4.69. The molecular weight excluding hydrogens is 440 g/mol. The molecule has 0 aliphatic heterocycles. The van der Waals surface area contributed by atoms with Gasteiger partial charge in [0, 0.05) is 39.5 Å². The summed E-state index contributed by atoms with van der Waals surface area (Å²) in [6.07, 6.45) is -3.42. The first-order valence-corrected chi connectivity index (χ1v) is 6.97. The summed E-state index contributed by atoms with van der Waals surface area (Å²) < 4.78 is 42.6. The number of guanidine groups is 1. The van der Waals surface area contributed by atoms with Gasteiger partial charge in [-0.15, -0.1) is 24.0 Å². The highest BCUT2D eigenvalue weighted by Gasteiger charge is 2.32. The average Bonchev–Trinajstić information content (AvgIpc) is 2.50. The molecule has 0 fully saturated rings. The maximum absolute atomic E-state index is 12.5. The van der Waals surface area contributed by atoms with E-state index < -0.39 is 11.9 Å². The highest BCUT2D eigenvalue weighted by atomic mass is 127. The van der Waals surface area contributed by atoms with Crippen molar-refractivity contribution in [3.05, 3.63) is 18.0 Å². The number of alkyl halides is 3. The van der Waals surface area contributed by atoms with E-state index in [0.29, 0.717) is 25.7 Å². The van der Waals surface area contributed by atoms with Gasteiger partial charge in [0.2, 0.25) is 5.95 Å². The minimum Gasteiger partial charge on any atom is -0.383 e. The summed E-state index contributed by atoms with van der Waals surface area (Å²) in [7, 11) is 3.23. The van der Waals surface area contributed by atoms with Gasteiger partial charge in [0.15, 0.2) is 5.96 Å². The Labute approximate surface area is 155 Å². The molecule has 0 amide bonds. The van der Waals surface area contributed by atoms with Crippen molar-refractivity contribution in [2.75, 3.05) is 39.2 Å². The van der Waals surface area contributed by atoms with Crippen LogP contribution < -0.4 is 16.0 Å². The lowest BCUT2D eigenvalue weighted by Gasteiger charge is -2.17. The Morgan fingerprint density at radius 3 is 2.67 bits per heavy atom. The molecule has 1 aromatic rings. The van der Waals surface area contributed by atoms with Crippen LogP contribution in [-0.4, -0.2) is 55.8 Å². The molecule has 24 heavy (non-hydrogen) atoms. The van der Waals surface area contributed by atoms with Crippen LogP contribution in [0.25, 0.3) is 0 Å². The Kier molecular flexibility index (Phi) is 10.6. The molecular formula is C13H22F3IN6O. The van der Waals surface area contributed by atoms with Crippen molar-refractivity contribution < 1.29 is 17.9 Å². The number of hydrogen-bond acceptors (Lipinski definition) is 5. The minimum absolute atomic E-state index is 0. The Balaban J connectivity index is 0.00000529. The van der Waals surface area contributed by atoms with Crippen molar-refractivity contribution >= 4 is 35.9 Å². The quantitative estimate of drug-likeness (QED) is 0.248. The first-order chi connectivity index (χ1) is 10.9. The van der Waals surface area contributed by atoms with Gasteiger partial charge in [-0.3, -0.25) is 4.99 Å². The molecule has 0 aromatic carbocycles. The first kappa shape index (κ1) is 22.6. The van der Waals surface area contributed by atoms with Crippen molar-refractivity contribution in [3.63, 3.8) is 0 Å². The number of hydrogen-bond donors (Lipinski definition) is 3. The lowest BCUT2D eigenvalue weighted by Crippen LogP contribution is -2.45. The number of rotatable bonds is 7. The molecule has 0 aliphatic carbocycles. The molecule has 1 rings (SSSR count). The molecule has 7 nitrogen and oxygen atoms in total. The number of nitrogens with one attached hydrogen (secondary N) is 3. The fourth-order valence-electron chi connectivity index (χ4n) is 1.68. The second-order valence-corrected chi connectivity index (χ2v) is 4.69. The number of aromatic nitrogens is 2. The van der Waals surface area contributed by atoms with Gasteiger partial charge in [0.25, 0.3) is 0 Å².